The van der Waals surface area contributed by atoms with Gasteiger partial charge in [0.1, 0.15) is 0 Å². The Kier molecular flexibility index (Phi) is 9.31. The molecule has 0 radical (unpaired) electrons. The highest BCUT2D eigenvalue weighted by Gasteiger charge is 2.42. The Hall–Kier alpha value is -1.50. The van der Waals surface area contributed by atoms with Crippen molar-refractivity contribution in [1.82, 2.24) is 0 Å². The summed E-state index contributed by atoms with van der Waals surface area (Å²) in [4.78, 5) is 0. The molecule has 0 unspecified atom stereocenters. The first-order valence-electron chi connectivity index (χ1n) is 12.3. The Morgan fingerprint density at radius 3 is 1.67 bits per heavy atom. The SMILES string of the molecule is CC(C)(C)[Si](C)(C)OC[C@@H]1C[C@@H](OCc2ccccc2)[C@H](OCc2ccccc2)C[C@H]1CO. The fourth-order valence-corrected chi connectivity index (χ4v) is 5.21. The molecule has 182 valence electrons. The summed E-state index contributed by atoms with van der Waals surface area (Å²) in [5.74, 6) is 0.425. The maximum absolute atomic E-state index is 10.2. The van der Waals surface area contributed by atoms with Gasteiger partial charge in [0.25, 0.3) is 0 Å². The van der Waals surface area contributed by atoms with Crippen LogP contribution in [0.15, 0.2) is 60.7 Å². The molecule has 1 fully saturated rings. The van der Waals surface area contributed by atoms with E-state index < -0.39 is 8.32 Å². The molecule has 1 aliphatic carbocycles. The summed E-state index contributed by atoms with van der Waals surface area (Å²) in [6, 6.07) is 20.6. The smallest absolute Gasteiger partial charge is 0.191 e. The average Bonchev–Trinajstić information content (AvgIpc) is 2.81. The van der Waals surface area contributed by atoms with E-state index in [1.54, 1.807) is 0 Å². The molecule has 3 rings (SSSR count). The lowest BCUT2D eigenvalue weighted by Crippen LogP contribution is -2.47. The molecule has 0 aromatic heterocycles. The van der Waals surface area contributed by atoms with Crippen LogP contribution in [0.3, 0.4) is 0 Å². The van der Waals surface area contributed by atoms with Crippen molar-refractivity contribution in [3.63, 3.8) is 0 Å². The van der Waals surface area contributed by atoms with E-state index in [-0.39, 0.29) is 35.7 Å². The fraction of sp³-hybridized carbons (Fsp3) is 0.571. The number of rotatable bonds is 10. The normalized spacial score (nSPS) is 24.1. The first kappa shape index (κ1) is 26.1. The molecule has 0 saturated heterocycles. The molecular formula is C28H42O4Si. The number of aliphatic hydroxyl groups excluding tert-OH is 1. The summed E-state index contributed by atoms with van der Waals surface area (Å²) >= 11 is 0. The van der Waals surface area contributed by atoms with Gasteiger partial charge in [0.2, 0.25) is 0 Å². The third-order valence-electron chi connectivity index (χ3n) is 7.46. The van der Waals surface area contributed by atoms with E-state index in [1.165, 1.54) is 0 Å². The zero-order valence-electron chi connectivity index (χ0n) is 21.0. The van der Waals surface area contributed by atoms with E-state index in [0.29, 0.717) is 19.8 Å². The summed E-state index contributed by atoms with van der Waals surface area (Å²) in [5.41, 5.74) is 2.32. The monoisotopic (exact) mass is 470 g/mol. The van der Waals surface area contributed by atoms with Crippen LogP contribution >= 0.6 is 0 Å². The Balaban J connectivity index is 1.69. The molecule has 2 aromatic rings. The Bertz CT molecular complexity index is 819. The molecule has 5 heteroatoms. The summed E-state index contributed by atoms with van der Waals surface area (Å²) in [5, 5.41) is 10.4. The maximum Gasteiger partial charge on any atom is 0.191 e. The van der Waals surface area contributed by atoms with Crippen molar-refractivity contribution in [1.29, 1.82) is 0 Å². The van der Waals surface area contributed by atoms with Gasteiger partial charge in [-0.25, -0.2) is 0 Å². The molecule has 0 amide bonds. The minimum Gasteiger partial charge on any atom is -0.417 e. The van der Waals surface area contributed by atoms with E-state index in [0.717, 1.165) is 24.0 Å². The minimum atomic E-state index is -1.85. The third-order valence-corrected chi connectivity index (χ3v) is 12.0. The van der Waals surface area contributed by atoms with Crippen LogP contribution in [0.2, 0.25) is 18.1 Å². The molecule has 4 atom stereocenters. The van der Waals surface area contributed by atoms with Crippen LogP contribution in [0, 0.1) is 11.8 Å². The van der Waals surface area contributed by atoms with E-state index in [2.05, 4.69) is 58.1 Å². The molecule has 33 heavy (non-hydrogen) atoms. The second-order valence-corrected chi connectivity index (χ2v) is 15.7. The third kappa shape index (κ3) is 7.49. The van der Waals surface area contributed by atoms with E-state index in [9.17, 15) is 5.11 Å². The zero-order chi connectivity index (χ0) is 23.9. The van der Waals surface area contributed by atoms with Gasteiger partial charge in [-0.2, -0.15) is 0 Å². The number of aliphatic hydroxyl groups is 1. The average molecular weight is 471 g/mol. The Morgan fingerprint density at radius 1 is 0.788 bits per heavy atom. The summed E-state index contributed by atoms with van der Waals surface area (Å²) in [6.07, 6.45) is 1.56. The molecule has 1 aliphatic rings. The standard InChI is InChI=1S/C28H42O4Si/c1-28(2,3)33(4,5)32-21-25-17-27(31-20-23-14-10-7-11-15-23)26(16-24(25)18-29)30-19-22-12-8-6-9-13-22/h6-15,24-27,29H,16-21H2,1-5H3/t24-,25-,26+,27+/m0/s1. The lowest BCUT2D eigenvalue weighted by atomic mass is 9.77. The Morgan fingerprint density at radius 2 is 1.24 bits per heavy atom. The minimum absolute atomic E-state index is 0.0234. The summed E-state index contributed by atoms with van der Waals surface area (Å²) < 4.78 is 19.4. The molecule has 0 spiro atoms. The van der Waals surface area contributed by atoms with Gasteiger partial charge in [0, 0.05) is 13.2 Å². The quantitative estimate of drug-likeness (QED) is 0.420. The van der Waals surface area contributed by atoms with Crippen LogP contribution in [0.4, 0.5) is 0 Å². The number of hydrogen-bond donors (Lipinski definition) is 1. The first-order valence-corrected chi connectivity index (χ1v) is 15.2. The van der Waals surface area contributed by atoms with E-state index in [1.807, 2.05) is 36.4 Å². The van der Waals surface area contributed by atoms with Crippen molar-refractivity contribution in [2.75, 3.05) is 13.2 Å². The van der Waals surface area contributed by atoms with Gasteiger partial charge in [-0.05, 0) is 53.9 Å². The van der Waals surface area contributed by atoms with Crippen LogP contribution in [0.25, 0.3) is 0 Å². The molecule has 0 bridgehead atoms. The number of benzene rings is 2. The van der Waals surface area contributed by atoms with Crippen molar-refractivity contribution in [3.05, 3.63) is 71.8 Å². The van der Waals surface area contributed by atoms with E-state index >= 15 is 0 Å². The Labute approximate surface area is 201 Å². The molecule has 0 heterocycles. The lowest BCUT2D eigenvalue weighted by Gasteiger charge is -2.43. The highest BCUT2D eigenvalue weighted by Crippen LogP contribution is 2.39. The number of hydrogen-bond acceptors (Lipinski definition) is 4. The molecule has 0 aliphatic heterocycles. The van der Waals surface area contributed by atoms with Gasteiger partial charge in [-0.3, -0.25) is 0 Å². The highest BCUT2D eigenvalue weighted by atomic mass is 28.4. The predicted molar refractivity (Wildman–Crippen MR) is 136 cm³/mol. The van der Waals surface area contributed by atoms with Gasteiger partial charge in [0.15, 0.2) is 8.32 Å². The van der Waals surface area contributed by atoms with Crippen LogP contribution in [-0.2, 0) is 27.1 Å². The van der Waals surface area contributed by atoms with E-state index in [4.69, 9.17) is 13.9 Å². The summed E-state index contributed by atoms with van der Waals surface area (Å²) in [6.45, 7) is 13.3. The second kappa shape index (κ2) is 11.8. The van der Waals surface area contributed by atoms with Crippen molar-refractivity contribution >= 4 is 8.32 Å². The van der Waals surface area contributed by atoms with Gasteiger partial charge in [-0.1, -0.05) is 81.4 Å². The molecule has 4 nitrogen and oxygen atoms in total. The second-order valence-electron chi connectivity index (χ2n) is 10.9. The fourth-order valence-electron chi connectivity index (χ4n) is 4.15. The molecule has 1 N–H and O–H groups in total. The van der Waals surface area contributed by atoms with Crippen LogP contribution in [0.1, 0.15) is 44.7 Å². The van der Waals surface area contributed by atoms with Crippen molar-refractivity contribution < 1.29 is 19.0 Å². The first-order chi connectivity index (χ1) is 15.7. The molecule has 1 saturated carbocycles. The zero-order valence-corrected chi connectivity index (χ0v) is 22.0. The van der Waals surface area contributed by atoms with Crippen molar-refractivity contribution in [2.24, 2.45) is 11.8 Å². The topological polar surface area (TPSA) is 47.9 Å². The highest BCUT2D eigenvalue weighted by molar-refractivity contribution is 6.74. The number of ether oxygens (including phenoxy) is 2. The van der Waals surface area contributed by atoms with Crippen molar-refractivity contribution in [3.8, 4) is 0 Å². The van der Waals surface area contributed by atoms with Gasteiger partial charge < -0.3 is 19.0 Å². The lowest BCUT2D eigenvalue weighted by molar-refractivity contribution is -0.135. The summed E-state index contributed by atoms with van der Waals surface area (Å²) in [7, 11) is -1.85. The van der Waals surface area contributed by atoms with Crippen molar-refractivity contribution in [2.45, 2.75) is 77.2 Å². The van der Waals surface area contributed by atoms with Crippen LogP contribution in [0.5, 0.6) is 0 Å². The van der Waals surface area contributed by atoms with Gasteiger partial charge >= 0.3 is 0 Å². The maximum atomic E-state index is 10.2. The van der Waals surface area contributed by atoms with Crippen LogP contribution < -0.4 is 0 Å². The van der Waals surface area contributed by atoms with Gasteiger partial charge in [0.05, 0.1) is 25.4 Å². The van der Waals surface area contributed by atoms with Gasteiger partial charge in [-0.15, -0.1) is 0 Å². The molecular weight excluding hydrogens is 428 g/mol. The largest absolute Gasteiger partial charge is 0.417 e. The predicted octanol–water partition coefficient (Wildman–Crippen LogP) is 6.20. The van der Waals surface area contributed by atoms with Crippen LogP contribution in [-0.4, -0.2) is 38.8 Å². The molecule has 2 aromatic carbocycles.